The first-order valence-electron chi connectivity index (χ1n) is 6.03. The van der Waals surface area contributed by atoms with Crippen molar-refractivity contribution in [1.82, 2.24) is 9.71 Å². The van der Waals surface area contributed by atoms with E-state index in [4.69, 9.17) is 17.3 Å². The second kappa shape index (κ2) is 6.74. The molecule has 0 spiro atoms. The lowest BCUT2D eigenvalue weighted by Gasteiger charge is -2.10. The van der Waals surface area contributed by atoms with Gasteiger partial charge in [-0.25, -0.2) is 13.1 Å². The van der Waals surface area contributed by atoms with Gasteiger partial charge in [0, 0.05) is 29.6 Å². The van der Waals surface area contributed by atoms with Crippen LogP contribution in [0.4, 0.5) is 5.69 Å². The van der Waals surface area contributed by atoms with Crippen LogP contribution in [0.1, 0.15) is 5.56 Å². The van der Waals surface area contributed by atoms with Crippen molar-refractivity contribution < 1.29 is 8.42 Å². The molecule has 21 heavy (non-hydrogen) atoms. The van der Waals surface area contributed by atoms with Gasteiger partial charge in [-0.3, -0.25) is 4.98 Å². The highest BCUT2D eigenvalue weighted by atomic mass is 79.9. The Bertz CT molecular complexity index is 739. The van der Waals surface area contributed by atoms with Crippen LogP contribution >= 0.6 is 27.5 Å². The van der Waals surface area contributed by atoms with Gasteiger partial charge < -0.3 is 5.73 Å². The summed E-state index contributed by atoms with van der Waals surface area (Å²) in [6.45, 7) is 0.269. The van der Waals surface area contributed by atoms with E-state index in [-0.39, 0.29) is 22.2 Å². The van der Waals surface area contributed by atoms with E-state index in [1.807, 2.05) is 12.1 Å². The van der Waals surface area contributed by atoms with Gasteiger partial charge >= 0.3 is 0 Å². The summed E-state index contributed by atoms with van der Waals surface area (Å²) in [5.41, 5.74) is 6.98. The highest BCUT2D eigenvalue weighted by Crippen LogP contribution is 2.31. The number of pyridine rings is 1. The minimum absolute atomic E-state index is 0.0298. The number of hydrogen-bond donors (Lipinski definition) is 2. The van der Waals surface area contributed by atoms with Crippen molar-refractivity contribution in [2.75, 3.05) is 12.3 Å². The average molecular weight is 391 g/mol. The number of nitrogens with zero attached hydrogens (tertiary/aromatic N) is 1. The number of nitrogen functional groups attached to an aromatic ring is 1. The monoisotopic (exact) mass is 389 g/mol. The summed E-state index contributed by atoms with van der Waals surface area (Å²) in [7, 11) is -3.68. The van der Waals surface area contributed by atoms with Gasteiger partial charge in [0.1, 0.15) is 0 Å². The van der Waals surface area contributed by atoms with E-state index in [2.05, 4.69) is 25.6 Å². The Morgan fingerprint density at radius 3 is 2.62 bits per heavy atom. The second-order valence-electron chi connectivity index (χ2n) is 4.31. The average Bonchev–Trinajstić information content (AvgIpc) is 2.43. The van der Waals surface area contributed by atoms with Gasteiger partial charge in [0.25, 0.3) is 0 Å². The molecule has 0 atom stereocenters. The number of sulfonamides is 1. The van der Waals surface area contributed by atoms with Crippen LogP contribution in [0.15, 0.2) is 46.0 Å². The molecule has 0 saturated heterocycles. The minimum Gasteiger partial charge on any atom is -0.398 e. The number of aromatic nitrogens is 1. The van der Waals surface area contributed by atoms with E-state index in [1.54, 1.807) is 12.4 Å². The van der Waals surface area contributed by atoms with Crippen LogP contribution in [0.2, 0.25) is 5.02 Å². The molecule has 2 aromatic rings. The fourth-order valence-electron chi connectivity index (χ4n) is 1.74. The smallest absolute Gasteiger partial charge is 0.241 e. The molecule has 1 aromatic heterocycles. The Kier molecular flexibility index (Phi) is 5.21. The summed E-state index contributed by atoms with van der Waals surface area (Å²) in [5.74, 6) is 0. The van der Waals surface area contributed by atoms with Crippen LogP contribution in [0.5, 0.6) is 0 Å². The number of anilines is 1. The molecule has 1 heterocycles. The van der Waals surface area contributed by atoms with E-state index >= 15 is 0 Å². The largest absolute Gasteiger partial charge is 0.398 e. The van der Waals surface area contributed by atoms with Crippen molar-refractivity contribution in [3.05, 3.63) is 51.7 Å². The summed E-state index contributed by atoms with van der Waals surface area (Å²) < 4.78 is 27.4. The Hall–Kier alpha value is -1.15. The molecule has 0 fully saturated rings. The molecule has 5 nitrogen and oxygen atoms in total. The van der Waals surface area contributed by atoms with Gasteiger partial charge in [-0.05, 0) is 52.2 Å². The molecule has 2 rings (SSSR count). The number of nitrogens with two attached hydrogens (primary N) is 1. The van der Waals surface area contributed by atoms with Crippen LogP contribution < -0.4 is 10.5 Å². The van der Waals surface area contributed by atoms with Gasteiger partial charge in [0.05, 0.1) is 9.37 Å². The molecule has 0 radical (unpaired) electrons. The third-order valence-corrected chi connectivity index (χ3v) is 5.63. The fraction of sp³-hybridized carbons (Fsp3) is 0.154. The highest BCUT2D eigenvalue weighted by molar-refractivity contribution is 9.10. The maximum atomic E-state index is 12.3. The van der Waals surface area contributed by atoms with Gasteiger partial charge in [-0.1, -0.05) is 11.6 Å². The normalized spacial score (nSPS) is 11.5. The lowest BCUT2D eigenvalue weighted by Crippen LogP contribution is -2.26. The Balaban J connectivity index is 2.12. The zero-order valence-electron chi connectivity index (χ0n) is 10.9. The molecule has 0 amide bonds. The SMILES string of the molecule is Nc1cc(Cl)cc(S(=O)(=O)NCCc2ccncc2)c1Br. The Labute approximate surface area is 136 Å². The molecular weight excluding hydrogens is 378 g/mol. The quantitative estimate of drug-likeness (QED) is 0.769. The van der Waals surface area contributed by atoms with Crippen LogP contribution in [-0.2, 0) is 16.4 Å². The van der Waals surface area contributed by atoms with Crippen molar-refractivity contribution in [3.63, 3.8) is 0 Å². The van der Waals surface area contributed by atoms with E-state index in [9.17, 15) is 8.42 Å². The van der Waals surface area contributed by atoms with Gasteiger partial charge in [0.2, 0.25) is 10.0 Å². The molecule has 8 heteroatoms. The first-order valence-corrected chi connectivity index (χ1v) is 8.68. The molecular formula is C13H13BrClN3O2S. The number of benzene rings is 1. The summed E-state index contributed by atoms with van der Waals surface area (Å²) in [5, 5.41) is 0.269. The molecule has 1 aromatic carbocycles. The number of halogens is 2. The molecule has 3 N–H and O–H groups in total. The molecule has 0 unspecified atom stereocenters. The zero-order valence-corrected chi connectivity index (χ0v) is 14.0. The number of rotatable bonds is 5. The highest BCUT2D eigenvalue weighted by Gasteiger charge is 2.19. The summed E-state index contributed by atoms with van der Waals surface area (Å²) >= 11 is 9.03. The van der Waals surface area contributed by atoms with Crippen molar-refractivity contribution >= 4 is 43.2 Å². The zero-order chi connectivity index (χ0) is 15.5. The lowest BCUT2D eigenvalue weighted by molar-refractivity contribution is 0.581. The maximum absolute atomic E-state index is 12.3. The van der Waals surface area contributed by atoms with E-state index < -0.39 is 10.0 Å². The fourth-order valence-corrected chi connectivity index (χ4v) is 4.06. The third kappa shape index (κ3) is 4.16. The summed E-state index contributed by atoms with van der Waals surface area (Å²) in [6.07, 6.45) is 3.89. The van der Waals surface area contributed by atoms with Crippen LogP contribution in [0, 0.1) is 0 Å². The summed E-state index contributed by atoms with van der Waals surface area (Å²) in [6, 6.07) is 6.52. The third-order valence-electron chi connectivity index (χ3n) is 2.78. The maximum Gasteiger partial charge on any atom is 0.241 e. The van der Waals surface area contributed by atoms with Crippen LogP contribution in [0.25, 0.3) is 0 Å². The van der Waals surface area contributed by atoms with Crippen molar-refractivity contribution in [1.29, 1.82) is 0 Å². The predicted molar refractivity (Wildman–Crippen MR) is 86.7 cm³/mol. The number of nitrogens with one attached hydrogen (secondary N) is 1. The predicted octanol–water partition coefficient (Wildman–Crippen LogP) is 2.60. The minimum atomic E-state index is -3.68. The Morgan fingerprint density at radius 1 is 1.29 bits per heavy atom. The van der Waals surface area contributed by atoms with E-state index in [1.165, 1.54) is 12.1 Å². The molecule has 0 aliphatic heterocycles. The van der Waals surface area contributed by atoms with Crippen LogP contribution in [0.3, 0.4) is 0 Å². The van der Waals surface area contributed by atoms with Crippen molar-refractivity contribution in [3.8, 4) is 0 Å². The molecule has 0 aliphatic rings. The van der Waals surface area contributed by atoms with E-state index in [0.29, 0.717) is 10.9 Å². The second-order valence-corrected chi connectivity index (χ2v) is 7.28. The summed E-state index contributed by atoms with van der Waals surface area (Å²) in [4.78, 5) is 3.94. The molecule has 112 valence electrons. The lowest BCUT2D eigenvalue weighted by atomic mass is 10.2. The van der Waals surface area contributed by atoms with E-state index in [0.717, 1.165) is 5.56 Å². The Morgan fingerprint density at radius 2 is 1.95 bits per heavy atom. The topological polar surface area (TPSA) is 85.1 Å². The van der Waals surface area contributed by atoms with Gasteiger partial charge in [-0.15, -0.1) is 0 Å². The van der Waals surface area contributed by atoms with Gasteiger partial charge in [0.15, 0.2) is 0 Å². The molecule has 0 aliphatic carbocycles. The molecule has 0 saturated carbocycles. The standard InChI is InChI=1S/C13H13BrClN3O2S/c14-13-11(16)7-10(15)8-12(13)21(19,20)18-6-3-9-1-4-17-5-2-9/h1-2,4-5,7-8,18H,3,6,16H2. The number of hydrogen-bond acceptors (Lipinski definition) is 4. The van der Waals surface area contributed by atoms with Crippen LogP contribution in [-0.4, -0.2) is 19.9 Å². The van der Waals surface area contributed by atoms with Crippen molar-refractivity contribution in [2.45, 2.75) is 11.3 Å². The first kappa shape index (κ1) is 16.2. The van der Waals surface area contributed by atoms with Crippen molar-refractivity contribution in [2.24, 2.45) is 0 Å². The molecule has 0 bridgehead atoms. The first-order chi connectivity index (χ1) is 9.90. The van der Waals surface area contributed by atoms with Gasteiger partial charge in [-0.2, -0.15) is 0 Å².